The second kappa shape index (κ2) is 6.94. The van der Waals surface area contributed by atoms with Gasteiger partial charge >= 0.3 is 12.1 Å². The lowest BCUT2D eigenvalue weighted by Crippen LogP contribution is -2.64. The van der Waals surface area contributed by atoms with Crippen LogP contribution in [0.25, 0.3) is 0 Å². The van der Waals surface area contributed by atoms with Crippen molar-refractivity contribution in [2.75, 3.05) is 20.2 Å². The monoisotopic (exact) mass is 410 g/mol. The van der Waals surface area contributed by atoms with E-state index in [1.54, 1.807) is 11.0 Å². The van der Waals surface area contributed by atoms with Gasteiger partial charge in [-0.1, -0.05) is 6.07 Å². The van der Waals surface area contributed by atoms with Crippen molar-refractivity contribution in [3.8, 4) is 5.75 Å². The lowest BCUT2D eigenvalue weighted by Gasteiger charge is -2.38. The van der Waals surface area contributed by atoms with E-state index in [9.17, 15) is 23.1 Å². The molecule has 1 saturated heterocycles. The number of nitrogens with zero attached hydrogens (tertiary/aromatic N) is 2. The number of likely N-dealkylation sites (tertiary alicyclic amines) is 1. The van der Waals surface area contributed by atoms with Gasteiger partial charge in [-0.3, -0.25) is 4.90 Å². The van der Waals surface area contributed by atoms with Crippen molar-refractivity contribution in [3.05, 3.63) is 41.2 Å². The molecule has 3 atom stereocenters. The molecule has 29 heavy (non-hydrogen) atoms. The quantitative estimate of drug-likeness (QED) is 0.665. The molecule has 4 rings (SSSR count). The van der Waals surface area contributed by atoms with Gasteiger partial charge in [0, 0.05) is 25.8 Å². The van der Waals surface area contributed by atoms with Crippen LogP contribution in [-0.4, -0.2) is 48.2 Å². The number of carboxylic acids is 1. The minimum absolute atomic E-state index is 0.0701. The van der Waals surface area contributed by atoms with E-state index in [1.807, 2.05) is 0 Å². The summed E-state index contributed by atoms with van der Waals surface area (Å²) >= 11 is 0. The van der Waals surface area contributed by atoms with Gasteiger partial charge < -0.3 is 20.5 Å². The van der Waals surface area contributed by atoms with Crippen molar-refractivity contribution in [2.45, 2.75) is 24.9 Å². The maximum Gasteiger partial charge on any atom is 0.419 e. The third-order valence-corrected chi connectivity index (χ3v) is 5.60. The van der Waals surface area contributed by atoms with Gasteiger partial charge in [-0.25, -0.2) is 9.79 Å². The number of rotatable bonds is 6. The van der Waals surface area contributed by atoms with Crippen LogP contribution in [-0.2, 0) is 17.5 Å². The molecule has 3 aliphatic rings. The Bertz CT molecular complexity index is 876. The number of ether oxygens (including phenoxy) is 1. The van der Waals surface area contributed by atoms with Crippen LogP contribution < -0.4 is 15.4 Å². The van der Waals surface area contributed by atoms with E-state index in [2.05, 4.69) is 15.6 Å². The van der Waals surface area contributed by atoms with Crippen LogP contribution in [0.1, 0.15) is 17.5 Å². The van der Waals surface area contributed by atoms with Crippen LogP contribution in [0.4, 0.5) is 13.2 Å². The molecule has 2 heterocycles. The van der Waals surface area contributed by atoms with E-state index in [-0.39, 0.29) is 12.3 Å². The number of halogens is 3. The summed E-state index contributed by atoms with van der Waals surface area (Å²) in [5.41, 5.74) is -0.478. The molecule has 1 aliphatic carbocycles. The highest BCUT2D eigenvalue weighted by atomic mass is 19.4. The number of piperidine rings is 1. The van der Waals surface area contributed by atoms with E-state index >= 15 is 0 Å². The molecule has 0 radical (unpaired) electrons. The van der Waals surface area contributed by atoms with Gasteiger partial charge in [-0.05, 0) is 42.0 Å². The standard InChI is InChI=1S/C19H21F3N4O3/c1-29-15-3-2-11(6-14(15)18(20,21)22)8-23-16-4-5-24-19(25-16,17(27)28)26-9-12-7-13(12)10-26/h2-6,12-13,23,25H,7-10H2,1H3,(H,27,28). The molecule has 7 nitrogen and oxygen atoms in total. The van der Waals surface area contributed by atoms with Gasteiger partial charge in [-0.2, -0.15) is 13.2 Å². The first-order valence-electron chi connectivity index (χ1n) is 9.23. The molecule has 3 N–H and O–H groups in total. The van der Waals surface area contributed by atoms with Gasteiger partial charge in [-0.15, -0.1) is 0 Å². The van der Waals surface area contributed by atoms with Gasteiger partial charge in [0.25, 0.3) is 5.79 Å². The van der Waals surface area contributed by atoms with Crippen molar-refractivity contribution in [2.24, 2.45) is 16.8 Å². The van der Waals surface area contributed by atoms with Gasteiger partial charge in [0.05, 0.1) is 12.7 Å². The van der Waals surface area contributed by atoms with Crippen molar-refractivity contribution >= 4 is 12.2 Å². The number of fused-ring (bicyclic) bond motifs is 1. The van der Waals surface area contributed by atoms with E-state index in [4.69, 9.17) is 4.74 Å². The highest BCUT2D eigenvalue weighted by Crippen LogP contribution is 2.47. The average Bonchev–Trinajstić information content (AvgIpc) is 3.30. The molecule has 156 valence electrons. The Labute approximate surface area is 165 Å². The molecular formula is C19H21F3N4O3. The predicted octanol–water partition coefficient (Wildman–Crippen LogP) is 2.01. The van der Waals surface area contributed by atoms with Crippen LogP contribution in [0.3, 0.4) is 0 Å². The molecule has 10 heteroatoms. The molecule has 1 aromatic carbocycles. The number of hydrogen-bond acceptors (Lipinski definition) is 6. The lowest BCUT2D eigenvalue weighted by atomic mass is 10.1. The van der Waals surface area contributed by atoms with E-state index < -0.39 is 23.5 Å². The Morgan fingerprint density at radius 1 is 1.41 bits per heavy atom. The molecule has 0 aromatic heterocycles. The second-order valence-corrected chi connectivity index (χ2v) is 7.51. The normalized spacial score (nSPS) is 28.3. The zero-order valence-corrected chi connectivity index (χ0v) is 15.7. The Kier molecular flexibility index (Phi) is 4.68. The number of aliphatic carboxylic acids is 1. The fraction of sp³-hybridized carbons (Fsp3) is 0.474. The molecule has 0 bridgehead atoms. The van der Waals surface area contributed by atoms with Gasteiger partial charge in [0.15, 0.2) is 0 Å². The summed E-state index contributed by atoms with van der Waals surface area (Å²) in [6.45, 7) is 1.38. The summed E-state index contributed by atoms with van der Waals surface area (Å²) in [4.78, 5) is 18.0. The first kappa shape index (κ1) is 19.6. The topological polar surface area (TPSA) is 86.2 Å². The number of allylic oxidation sites excluding steroid dienone is 1. The lowest BCUT2D eigenvalue weighted by molar-refractivity contribution is -0.153. The Balaban J connectivity index is 1.47. The maximum atomic E-state index is 13.2. The van der Waals surface area contributed by atoms with Gasteiger partial charge in [0.2, 0.25) is 0 Å². The number of benzene rings is 1. The molecule has 3 unspecified atom stereocenters. The molecule has 0 amide bonds. The minimum Gasteiger partial charge on any atom is -0.496 e. The molecule has 2 aliphatic heterocycles. The van der Waals surface area contributed by atoms with E-state index in [0.29, 0.717) is 36.3 Å². The highest BCUT2D eigenvalue weighted by Gasteiger charge is 2.55. The summed E-state index contributed by atoms with van der Waals surface area (Å²) < 4.78 is 44.4. The van der Waals surface area contributed by atoms with Crippen molar-refractivity contribution in [3.63, 3.8) is 0 Å². The van der Waals surface area contributed by atoms with Crippen molar-refractivity contribution < 1.29 is 27.8 Å². The zero-order chi connectivity index (χ0) is 20.8. The Morgan fingerprint density at radius 3 is 2.76 bits per heavy atom. The first-order chi connectivity index (χ1) is 13.7. The van der Waals surface area contributed by atoms with Crippen LogP contribution >= 0.6 is 0 Å². The smallest absolute Gasteiger partial charge is 0.419 e. The number of carbonyl (C=O) groups is 1. The predicted molar refractivity (Wildman–Crippen MR) is 98.1 cm³/mol. The average molecular weight is 410 g/mol. The largest absolute Gasteiger partial charge is 0.496 e. The van der Waals surface area contributed by atoms with Crippen LogP contribution in [0.2, 0.25) is 0 Å². The second-order valence-electron chi connectivity index (χ2n) is 7.51. The number of nitrogens with one attached hydrogen (secondary N) is 2. The molecule has 0 spiro atoms. The van der Waals surface area contributed by atoms with Crippen LogP contribution in [0, 0.1) is 11.8 Å². The number of methoxy groups -OCH3 is 1. The van der Waals surface area contributed by atoms with E-state index in [1.165, 1.54) is 25.5 Å². The number of carboxylic acid groups (broad SMARTS) is 1. The fourth-order valence-corrected chi connectivity index (χ4v) is 3.94. The SMILES string of the molecule is COc1ccc(CNC2=CC=NC(C(=O)O)(N3CC4CC4C3)N2)cc1C(F)(F)F. The van der Waals surface area contributed by atoms with Crippen LogP contribution in [0.15, 0.2) is 35.1 Å². The Hall–Kier alpha value is -2.75. The maximum absolute atomic E-state index is 13.2. The molecule has 1 saturated carbocycles. The zero-order valence-electron chi connectivity index (χ0n) is 15.7. The number of alkyl halides is 3. The minimum atomic E-state index is -4.54. The summed E-state index contributed by atoms with van der Waals surface area (Å²) in [6.07, 6.45) is -0.445. The molecule has 2 fully saturated rings. The van der Waals surface area contributed by atoms with Gasteiger partial charge in [0.1, 0.15) is 11.6 Å². The Morgan fingerprint density at radius 2 is 2.14 bits per heavy atom. The third-order valence-electron chi connectivity index (χ3n) is 5.60. The number of hydrogen-bond donors (Lipinski definition) is 3. The summed E-state index contributed by atoms with van der Waals surface area (Å²) in [5.74, 6) is -1.54. The van der Waals surface area contributed by atoms with Crippen molar-refractivity contribution in [1.29, 1.82) is 0 Å². The summed E-state index contributed by atoms with van der Waals surface area (Å²) in [7, 11) is 1.19. The third kappa shape index (κ3) is 3.64. The fourth-order valence-electron chi connectivity index (χ4n) is 3.94. The summed E-state index contributed by atoms with van der Waals surface area (Å²) in [5, 5.41) is 15.7. The van der Waals surface area contributed by atoms with Crippen molar-refractivity contribution in [1.82, 2.24) is 15.5 Å². The highest BCUT2D eigenvalue weighted by molar-refractivity contribution is 5.84. The molecular weight excluding hydrogens is 389 g/mol. The number of aliphatic imine (C=N–C) groups is 1. The van der Waals surface area contributed by atoms with E-state index in [0.717, 1.165) is 12.5 Å². The van der Waals surface area contributed by atoms with Crippen LogP contribution in [0.5, 0.6) is 5.75 Å². The summed E-state index contributed by atoms with van der Waals surface area (Å²) in [6, 6.07) is 3.81. The molecule has 1 aromatic rings. The first-order valence-corrected chi connectivity index (χ1v) is 9.23.